The zero-order valence-electron chi connectivity index (χ0n) is 10.1. The SMILES string of the molecule is CNCC(C)C(=O)NCc1cnc(C)s1.Cl.Cl. The van der Waals surface area contributed by atoms with Gasteiger partial charge >= 0.3 is 0 Å². The summed E-state index contributed by atoms with van der Waals surface area (Å²) in [5.74, 6) is 0.0828. The van der Waals surface area contributed by atoms with Crippen LogP contribution in [0.5, 0.6) is 0 Å². The van der Waals surface area contributed by atoms with Crippen LogP contribution in [0.4, 0.5) is 0 Å². The summed E-state index contributed by atoms with van der Waals surface area (Å²) in [6.45, 7) is 5.15. The van der Waals surface area contributed by atoms with Gasteiger partial charge in [-0.3, -0.25) is 4.79 Å². The smallest absolute Gasteiger partial charge is 0.224 e. The Morgan fingerprint density at radius 1 is 1.53 bits per heavy atom. The fraction of sp³-hybridized carbons (Fsp3) is 0.600. The average Bonchev–Trinajstić information content (AvgIpc) is 2.61. The highest BCUT2D eigenvalue weighted by atomic mass is 35.5. The van der Waals surface area contributed by atoms with Gasteiger partial charge in [-0.25, -0.2) is 4.98 Å². The van der Waals surface area contributed by atoms with Crippen molar-refractivity contribution in [2.75, 3.05) is 13.6 Å². The van der Waals surface area contributed by atoms with E-state index in [1.54, 1.807) is 11.3 Å². The van der Waals surface area contributed by atoms with Gasteiger partial charge in [-0.2, -0.15) is 0 Å². The van der Waals surface area contributed by atoms with Crippen LogP contribution in [0.3, 0.4) is 0 Å². The molecule has 1 atom stereocenters. The van der Waals surface area contributed by atoms with Crippen LogP contribution in [-0.2, 0) is 11.3 Å². The van der Waals surface area contributed by atoms with E-state index in [1.165, 1.54) is 0 Å². The summed E-state index contributed by atoms with van der Waals surface area (Å²) in [6, 6.07) is 0. The number of halogens is 2. The molecule has 1 heterocycles. The van der Waals surface area contributed by atoms with Crippen LogP contribution in [-0.4, -0.2) is 24.5 Å². The van der Waals surface area contributed by atoms with Crippen LogP contribution in [0.15, 0.2) is 6.20 Å². The lowest BCUT2D eigenvalue weighted by Gasteiger charge is -2.10. The van der Waals surface area contributed by atoms with Crippen molar-refractivity contribution >= 4 is 42.1 Å². The normalized spacial score (nSPS) is 11.0. The zero-order valence-corrected chi connectivity index (χ0v) is 12.6. The van der Waals surface area contributed by atoms with Gasteiger partial charge in [0.25, 0.3) is 0 Å². The summed E-state index contributed by atoms with van der Waals surface area (Å²) in [4.78, 5) is 16.8. The van der Waals surface area contributed by atoms with Crippen LogP contribution < -0.4 is 10.6 Å². The van der Waals surface area contributed by atoms with Crippen molar-refractivity contribution in [1.82, 2.24) is 15.6 Å². The molecule has 4 nitrogen and oxygen atoms in total. The number of aryl methyl sites for hydroxylation is 1. The molecule has 1 rings (SSSR count). The maximum absolute atomic E-state index is 11.5. The molecule has 1 amide bonds. The van der Waals surface area contributed by atoms with E-state index in [2.05, 4.69) is 15.6 Å². The Bertz CT molecular complexity index is 333. The van der Waals surface area contributed by atoms with Gasteiger partial charge in [0.15, 0.2) is 0 Å². The predicted octanol–water partition coefficient (Wildman–Crippen LogP) is 1.77. The number of nitrogens with one attached hydrogen (secondary N) is 2. The van der Waals surface area contributed by atoms with Crippen LogP contribution >= 0.6 is 36.2 Å². The van der Waals surface area contributed by atoms with Crippen LogP contribution in [0.1, 0.15) is 16.8 Å². The first-order chi connectivity index (χ1) is 7.13. The number of hydrogen-bond donors (Lipinski definition) is 2. The number of hydrogen-bond acceptors (Lipinski definition) is 4. The summed E-state index contributed by atoms with van der Waals surface area (Å²) < 4.78 is 0. The van der Waals surface area contributed by atoms with E-state index in [0.29, 0.717) is 13.1 Å². The third-order valence-corrected chi connectivity index (χ3v) is 2.98. The summed E-state index contributed by atoms with van der Waals surface area (Å²) in [5.41, 5.74) is 0. The maximum atomic E-state index is 11.5. The molecule has 1 aromatic heterocycles. The second-order valence-electron chi connectivity index (χ2n) is 3.52. The van der Waals surface area contributed by atoms with Gasteiger partial charge in [0.2, 0.25) is 5.91 Å². The standard InChI is InChI=1S/C10H17N3OS.2ClH/c1-7(4-11-3)10(14)13-6-9-5-12-8(2)15-9;;/h5,7,11H,4,6H2,1-3H3,(H,13,14);2*1H. The van der Waals surface area contributed by atoms with Crippen molar-refractivity contribution in [2.24, 2.45) is 5.92 Å². The third kappa shape index (κ3) is 6.83. The number of rotatable bonds is 5. The van der Waals surface area contributed by atoms with Gasteiger partial charge in [0, 0.05) is 23.5 Å². The number of carbonyl (C=O) groups is 1. The van der Waals surface area contributed by atoms with E-state index in [4.69, 9.17) is 0 Å². The minimum Gasteiger partial charge on any atom is -0.351 e. The zero-order chi connectivity index (χ0) is 11.3. The first kappa shape index (κ1) is 19.0. The number of carbonyl (C=O) groups excluding carboxylic acids is 1. The Hall–Kier alpha value is -0.360. The van der Waals surface area contributed by atoms with Crippen molar-refractivity contribution in [3.8, 4) is 0 Å². The second kappa shape index (κ2) is 9.65. The molecule has 0 saturated heterocycles. The van der Waals surface area contributed by atoms with Crippen LogP contribution in [0.2, 0.25) is 0 Å². The fourth-order valence-electron chi connectivity index (χ4n) is 1.23. The molecule has 1 aromatic rings. The molecule has 0 aliphatic heterocycles. The second-order valence-corrected chi connectivity index (χ2v) is 4.84. The Morgan fingerprint density at radius 3 is 2.65 bits per heavy atom. The molecule has 2 N–H and O–H groups in total. The molecule has 0 aromatic carbocycles. The summed E-state index contributed by atoms with van der Waals surface area (Å²) >= 11 is 1.61. The number of nitrogens with zero attached hydrogens (tertiary/aromatic N) is 1. The highest BCUT2D eigenvalue weighted by molar-refractivity contribution is 7.11. The van der Waals surface area contributed by atoms with Gasteiger partial charge in [0.05, 0.1) is 11.6 Å². The lowest BCUT2D eigenvalue weighted by molar-refractivity contribution is -0.124. The van der Waals surface area contributed by atoms with Gasteiger partial charge in [-0.1, -0.05) is 6.92 Å². The number of amides is 1. The number of aromatic nitrogens is 1. The van der Waals surface area contributed by atoms with Crippen molar-refractivity contribution in [1.29, 1.82) is 0 Å². The first-order valence-corrected chi connectivity index (χ1v) is 5.78. The molecule has 17 heavy (non-hydrogen) atoms. The molecule has 0 aliphatic rings. The molecule has 0 spiro atoms. The Kier molecular flexibility index (Phi) is 10.8. The Morgan fingerprint density at radius 2 is 2.18 bits per heavy atom. The van der Waals surface area contributed by atoms with Crippen molar-refractivity contribution < 1.29 is 4.79 Å². The van der Waals surface area contributed by atoms with E-state index in [-0.39, 0.29) is 36.6 Å². The van der Waals surface area contributed by atoms with Crippen molar-refractivity contribution in [3.63, 3.8) is 0 Å². The minimum atomic E-state index is 0. The molecule has 0 aliphatic carbocycles. The quantitative estimate of drug-likeness (QED) is 0.871. The fourth-order valence-corrected chi connectivity index (χ4v) is 1.97. The van der Waals surface area contributed by atoms with Gasteiger partial charge in [0.1, 0.15) is 0 Å². The monoisotopic (exact) mass is 299 g/mol. The minimum absolute atomic E-state index is 0. The molecule has 0 saturated carbocycles. The van der Waals surface area contributed by atoms with E-state index in [0.717, 1.165) is 9.88 Å². The predicted molar refractivity (Wildman–Crippen MR) is 76.3 cm³/mol. The van der Waals surface area contributed by atoms with Gasteiger partial charge < -0.3 is 10.6 Å². The number of thiazole rings is 1. The molecular weight excluding hydrogens is 281 g/mol. The van der Waals surface area contributed by atoms with E-state index < -0.39 is 0 Å². The summed E-state index contributed by atoms with van der Waals surface area (Å²) in [5, 5.41) is 6.90. The molecule has 0 bridgehead atoms. The van der Waals surface area contributed by atoms with Crippen LogP contribution in [0, 0.1) is 12.8 Å². The van der Waals surface area contributed by atoms with Crippen LogP contribution in [0.25, 0.3) is 0 Å². The molecular formula is C10H19Cl2N3OS. The maximum Gasteiger partial charge on any atom is 0.224 e. The lowest BCUT2D eigenvalue weighted by Crippen LogP contribution is -2.33. The molecule has 0 fully saturated rings. The Balaban J connectivity index is 0. The lowest BCUT2D eigenvalue weighted by atomic mass is 10.1. The average molecular weight is 300 g/mol. The van der Waals surface area contributed by atoms with Crippen molar-refractivity contribution in [3.05, 3.63) is 16.1 Å². The molecule has 1 unspecified atom stereocenters. The highest BCUT2D eigenvalue weighted by Gasteiger charge is 2.11. The Labute approximate surface area is 118 Å². The third-order valence-electron chi connectivity index (χ3n) is 2.06. The van der Waals surface area contributed by atoms with E-state index >= 15 is 0 Å². The van der Waals surface area contributed by atoms with Gasteiger partial charge in [-0.15, -0.1) is 36.2 Å². The summed E-state index contributed by atoms with van der Waals surface area (Å²) in [7, 11) is 1.84. The van der Waals surface area contributed by atoms with E-state index in [1.807, 2.05) is 27.1 Å². The van der Waals surface area contributed by atoms with E-state index in [9.17, 15) is 4.79 Å². The van der Waals surface area contributed by atoms with Gasteiger partial charge in [-0.05, 0) is 14.0 Å². The largest absolute Gasteiger partial charge is 0.351 e. The molecule has 7 heteroatoms. The first-order valence-electron chi connectivity index (χ1n) is 4.97. The molecule has 100 valence electrons. The topological polar surface area (TPSA) is 54.0 Å². The van der Waals surface area contributed by atoms with Crippen molar-refractivity contribution in [2.45, 2.75) is 20.4 Å². The highest BCUT2D eigenvalue weighted by Crippen LogP contribution is 2.10. The summed E-state index contributed by atoms with van der Waals surface area (Å²) in [6.07, 6.45) is 1.81. The molecule has 0 radical (unpaired) electrons.